The second kappa shape index (κ2) is 7.65. The fourth-order valence-corrected chi connectivity index (χ4v) is 11.0. The Hall–Kier alpha value is -0.200. The monoisotopic (exact) mass is 446 g/mol. The van der Waals surface area contributed by atoms with Crippen LogP contribution < -0.4 is 0 Å². The average Bonchev–Trinajstić information content (AvgIpc) is 3.42. The van der Waals surface area contributed by atoms with Crippen molar-refractivity contribution in [1.29, 1.82) is 0 Å². The van der Waals surface area contributed by atoms with Crippen molar-refractivity contribution < 1.29 is 14.9 Å². The first kappa shape index (κ1) is 22.3. The predicted molar refractivity (Wildman–Crippen MR) is 125 cm³/mol. The Bertz CT molecular complexity index is 664. The van der Waals surface area contributed by atoms with Crippen LogP contribution in [0.15, 0.2) is 0 Å². The Kier molecular flexibility index (Phi) is 5.32. The van der Waals surface area contributed by atoms with Gasteiger partial charge in [0.05, 0.1) is 24.4 Å². The molecule has 7 aliphatic rings. The van der Waals surface area contributed by atoms with Crippen LogP contribution in [0.5, 0.6) is 0 Å². The summed E-state index contributed by atoms with van der Waals surface area (Å²) in [4.78, 5) is 4.74. The Morgan fingerprint density at radius 3 is 1.59 bits per heavy atom. The normalized spacial score (nSPS) is 49.9. The van der Waals surface area contributed by atoms with Crippen molar-refractivity contribution in [3.8, 4) is 0 Å². The van der Waals surface area contributed by atoms with Crippen LogP contribution in [0, 0.1) is 47.3 Å². The van der Waals surface area contributed by atoms with E-state index in [1.54, 1.807) is 0 Å². The van der Waals surface area contributed by atoms with Crippen molar-refractivity contribution in [2.75, 3.05) is 40.4 Å². The van der Waals surface area contributed by atoms with Gasteiger partial charge in [-0.15, -0.1) is 0 Å². The van der Waals surface area contributed by atoms with Crippen molar-refractivity contribution in [1.82, 2.24) is 9.80 Å². The molecule has 7 fully saturated rings. The molecular weight excluding hydrogens is 400 g/mol. The maximum atomic E-state index is 9.66. The number of aliphatic hydroxyl groups is 2. The van der Waals surface area contributed by atoms with Gasteiger partial charge in [-0.05, 0) is 119 Å². The van der Waals surface area contributed by atoms with E-state index in [9.17, 15) is 10.2 Å². The second-order valence-electron chi connectivity index (χ2n) is 12.5. The molecule has 5 saturated carbocycles. The van der Waals surface area contributed by atoms with Crippen LogP contribution in [0.2, 0.25) is 0 Å². The number of rotatable bonds is 14. The maximum absolute atomic E-state index is 9.66. The van der Waals surface area contributed by atoms with Gasteiger partial charge < -0.3 is 24.7 Å². The zero-order valence-electron chi connectivity index (χ0n) is 20.7. The highest BCUT2D eigenvalue weighted by Gasteiger charge is 2.96. The molecule has 0 amide bonds. The Morgan fingerprint density at radius 1 is 0.781 bits per heavy atom. The Labute approximate surface area is 194 Å². The lowest BCUT2D eigenvalue weighted by Gasteiger charge is -2.48. The number of ether oxygens (including phenoxy) is 1. The van der Waals surface area contributed by atoms with Crippen LogP contribution in [-0.4, -0.2) is 83.7 Å². The van der Waals surface area contributed by atoms with E-state index in [1.807, 2.05) is 0 Å². The standard InChI is InChI=1S/C27H46N2O3/c1-5-16(14-30)28(3)11-7-9-26-22-18-13-19-21-20(18)24(26)25(21)27(32-26,23(19)22)10-8-12-29(4)17(6-2)15-31/h16-25,30-31H,5-15H2,1-4H3/t16-,17-,18?,19?,20?,21?,22?,23?,24?,25?,26?,27?/m1/s1. The SMILES string of the molecule is CC[C@H](CO)N(C)CCCC12OC3(CCCN(C)[C@H](CC)CO)C4C5CC(C6C5C3C61)C42. The second-order valence-corrected chi connectivity index (χ2v) is 12.5. The molecule has 0 radical (unpaired) electrons. The molecule has 7 rings (SSSR count). The van der Waals surface area contributed by atoms with Crippen LogP contribution in [0.3, 0.4) is 0 Å². The third kappa shape index (κ3) is 2.48. The minimum absolute atomic E-state index is 0.205. The third-order valence-electron chi connectivity index (χ3n) is 11.9. The molecule has 0 aromatic heterocycles. The fourth-order valence-electron chi connectivity index (χ4n) is 11.0. The molecule has 0 aromatic rings. The van der Waals surface area contributed by atoms with E-state index in [-0.39, 0.29) is 24.4 Å². The van der Waals surface area contributed by atoms with Crippen molar-refractivity contribution >= 4 is 0 Å². The molecule has 12 atom stereocenters. The van der Waals surface area contributed by atoms with E-state index in [0.717, 1.165) is 73.3 Å². The van der Waals surface area contributed by atoms with Gasteiger partial charge in [-0.1, -0.05) is 13.8 Å². The lowest BCUT2D eigenvalue weighted by molar-refractivity contribution is -0.0826. The van der Waals surface area contributed by atoms with Crippen molar-refractivity contribution in [2.24, 2.45) is 47.3 Å². The van der Waals surface area contributed by atoms with Crippen LogP contribution in [0.25, 0.3) is 0 Å². The summed E-state index contributed by atoms with van der Waals surface area (Å²) in [6.45, 7) is 7.05. The highest BCUT2D eigenvalue weighted by Crippen LogP contribution is 2.94. The molecule has 5 aliphatic carbocycles. The maximum Gasteiger partial charge on any atom is 0.0760 e. The molecule has 2 saturated heterocycles. The molecule has 2 heterocycles. The largest absolute Gasteiger partial charge is 0.395 e. The number of aliphatic hydroxyl groups excluding tert-OH is 2. The quantitative estimate of drug-likeness (QED) is 0.430. The summed E-state index contributed by atoms with van der Waals surface area (Å²) in [5.41, 5.74) is 0.411. The lowest BCUT2D eigenvalue weighted by atomic mass is 9.53. The zero-order chi connectivity index (χ0) is 22.4. The smallest absolute Gasteiger partial charge is 0.0760 e. The van der Waals surface area contributed by atoms with Gasteiger partial charge in [0.25, 0.3) is 0 Å². The molecule has 4 bridgehead atoms. The average molecular weight is 447 g/mol. The van der Waals surface area contributed by atoms with Crippen LogP contribution in [0.4, 0.5) is 0 Å². The highest BCUT2D eigenvalue weighted by molar-refractivity contribution is 5.43. The first-order valence-corrected chi connectivity index (χ1v) is 13.8. The Balaban J connectivity index is 1.14. The van der Waals surface area contributed by atoms with Gasteiger partial charge >= 0.3 is 0 Å². The predicted octanol–water partition coefficient (Wildman–Crippen LogP) is 2.85. The molecule has 182 valence electrons. The van der Waals surface area contributed by atoms with Gasteiger partial charge in [-0.2, -0.15) is 0 Å². The molecule has 0 spiro atoms. The van der Waals surface area contributed by atoms with Gasteiger partial charge in [0.1, 0.15) is 0 Å². The number of nitrogens with zero attached hydrogens (tertiary/aromatic N) is 2. The van der Waals surface area contributed by atoms with Gasteiger partial charge in [0, 0.05) is 12.1 Å². The number of hydrogen-bond acceptors (Lipinski definition) is 5. The van der Waals surface area contributed by atoms with Gasteiger partial charge in [0.15, 0.2) is 0 Å². The van der Waals surface area contributed by atoms with Crippen molar-refractivity contribution in [3.05, 3.63) is 0 Å². The van der Waals surface area contributed by atoms with E-state index < -0.39 is 0 Å². The first-order valence-electron chi connectivity index (χ1n) is 13.8. The van der Waals surface area contributed by atoms with Crippen LogP contribution in [0.1, 0.15) is 58.8 Å². The highest BCUT2D eigenvalue weighted by atomic mass is 16.5. The van der Waals surface area contributed by atoms with E-state index in [4.69, 9.17) is 4.74 Å². The van der Waals surface area contributed by atoms with E-state index in [2.05, 4.69) is 37.7 Å². The van der Waals surface area contributed by atoms with E-state index in [1.165, 1.54) is 32.1 Å². The summed E-state index contributed by atoms with van der Waals surface area (Å²) in [6.07, 6.45) is 8.48. The molecule has 5 nitrogen and oxygen atoms in total. The van der Waals surface area contributed by atoms with Gasteiger partial charge in [-0.3, -0.25) is 0 Å². The summed E-state index contributed by atoms with van der Waals surface area (Å²) < 4.78 is 7.40. The summed E-state index contributed by atoms with van der Waals surface area (Å²) >= 11 is 0. The summed E-state index contributed by atoms with van der Waals surface area (Å²) in [7, 11) is 4.37. The summed E-state index contributed by atoms with van der Waals surface area (Å²) in [5.74, 6) is 7.46. The van der Waals surface area contributed by atoms with Crippen molar-refractivity contribution in [3.63, 3.8) is 0 Å². The van der Waals surface area contributed by atoms with Gasteiger partial charge in [0.2, 0.25) is 0 Å². The molecule has 2 N–H and O–H groups in total. The summed E-state index contributed by atoms with van der Waals surface area (Å²) in [6, 6.07) is 0.599. The molecular formula is C27H46N2O3. The van der Waals surface area contributed by atoms with E-state index in [0.29, 0.717) is 12.1 Å². The Morgan fingerprint density at radius 2 is 1.22 bits per heavy atom. The van der Waals surface area contributed by atoms with E-state index >= 15 is 0 Å². The molecule has 32 heavy (non-hydrogen) atoms. The molecule has 2 aliphatic heterocycles. The zero-order valence-corrected chi connectivity index (χ0v) is 20.7. The molecule has 5 heteroatoms. The van der Waals surface area contributed by atoms with Crippen molar-refractivity contribution in [2.45, 2.75) is 82.1 Å². The summed E-state index contributed by atoms with van der Waals surface area (Å²) in [5, 5.41) is 19.3. The lowest BCUT2D eigenvalue weighted by Crippen LogP contribution is -2.52. The third-order valence-corrected chi connectivity index (χ3v) is 11.9. The topological polar surface area (TPSA) is 56.2 Å². The molecule has 10 unspecified atom stereocenters. The van der Waals surface area contributed by atoms with Gasteiger partial charge in [-0.25, -0.2) is 0 Å². The minimum atomic E-state index is 0.205. The van der Waals surface area contributed by atoms with Crippen LogP contribution >= 0.6 is 0 Å². The number of likely N-dealkylation sites (N-methyl/N-ethyl adjacent to an activating group) is 2. The fraction of sp³-hybridized carbons (Fsp3) is 1.00. The number of hydrogen-bond donors (Lipinski definition) is 2. The molecule has 0 aromatic carbocycles. The minimum Gasteiger partial charge on any atom is -0.395 e. The van der Waals surface area contributed by atoms with Crippen LogP contribution in [-0.2, 0) is 4.74 Å². The first-order chi connectivity index (χ1) is 15.5.